The Hall–Kier alpha value is -0.170. The highest BCUT2D eigenvalue weighted by Gasteiger charge is 2.09. The standard InChI is InChI=1S/C10H24N2O3S/c1-3-7-12(4-2)8-6-11-16(14,15)10-5-9-13/h11,13H,3-10H2,1-2H3. The van der Waals surface area contributed by atoms with E-state index in [1.165, 1.54) is 0 Å². The van der Waals surface area contributed by atoms with Crippen molar-refractivity contribution in [3.05, 3.63) is 0 Å². The summed E-state index contributed by atoms with van der Waals surface area (Å²) < 4.78 is 25.3. The molecule has 0 amide bonds. The van der Waals surface area contributed by atoms with E-state index in [1.54, 1.807) is 0 Å². The molecule has 0 radical (unpaired) electrons. The zero-order chi connectivity index (χ0) is 12.4. The van der Waals surface area contributed by atoms with Gasteiger partial charge in [-0.15, -0.1) is 0 Å². The molecule has 2 N–H and O–H groups in total. The lowest BCUT2D eigenvalue weighted by Gasteiger charge is -2.19. The van der Waals surface area contributed by atoms with Crippen molar-refractivity contribution in [2.45, 2.75) is 26.7 Å². The summed E-state index contributed by atoms with van der Waals surface area (Å²) >= 11 is 0. The average Bonchev–Trinajstić information content (AvgIpc) is 2.25. The highest BCUT2D eigenvalue weighted by molar-refractivity contribution is 7.89. The van der Waals surface area contributed by atoms with Gasteiger partial charge >= 0.3 is 0 Å². The molecule has 0 heterocycles. The molecule has 0 aromatic carbocycles. The van der Waals surface area contributed by atoms with Gasteiger partial charge in [0.25, 0.3) is 0 Å². The number of nitrogens with zero attached hydrogens (tertiary/aromatic N) is 1. The normalized spacial score (nSPS) is 12.2. The van der Waals surface area contributed by atoms with Gasteiger partial charge in [0.1, 0.15) is 0 Å². The second-order valence-corrected chi connectivity index (χ2v) is 5.65. The second kappa shape index (κ2) is 8.92. The molecule has 6 heteroatoms. The van der Waals surface area contributed by atoms with Gasteiger partial charge in [0, 0.05) is 19.7 Å². The number of nitrogens with one attached hydrogen (secondary N) is 1. The molecule has 0 aromatic rings. The van der Waals surface area contributed by atoms with E-state index >= 15 is 0 Å². The number of aliphatic hydroxyl groups is 1. The van der Waals surface area contributed by atoms with Crippen LogP contribution >= 0.6 is 0 Å². The Labute approximate surface area is 98.9 Å². The number of rotatable bonds is 10. The van der Waals surface area contributed by atoms with Gasteiger partial charge in [0.05, 0.1) is 5.75 Å². The maximum atomic E-state index is 11.4. The Kier molecular flexibility index (Phi) is 8.83. The molecular formula is C10H24N2O3S. The maximum absolute atomic E-state index is 11.4. The van der Waals surface area contributed by atoms with Crippen LogP contribution in [0, 0.1) is 0 Å². The topological polar surface area (TPSA) is 69.6 Å². The van der Waals surface area contributed by atoms with Crippen molar-refractivity contribution in [1.82, 2.24) is 9.62 Å². The first-order chi connectivity index (χ1) is 7.55. The molecule has 0 saturated carbocycles. The van der Waals surface area contributed by atoms with Gasteiger partial charge < -0.3 is 10.0 Å². The van der Waals surface area contributed by atoms with Crippen molar-refractivity contribution < 1.29 is 13.5 Å². The minimum Gasteiger partial charge on any atom is -0.396 e. The van der Waals surface area contributed by atoms with Crippen LogP contribution in [-0.4, -0.2) is 57.0 Å². The first kappa shape index (κ1) is 15.8. The highest BCUT2D eigenvalue weighted by atomic mass is 32.2. The molecule has 0 rings (SSSR count). The van der Waals surface area contributed by atoms with Crippen LogP contribution in [0.4, 0.5) is 0 Å². The number of hydrogen-bond donors (Lipinski definition) is 2. The Morgan fingerprint density at radius 3 is 2.44 bits per heavy atom. The molecule has 16 heavy (non-hydrogen) atoms. The van der Waals surface area contributed by atoms with Crippen molar-refractivity contribution >= 4 is 10.0 Å². The molecule has 5 nitrogen and oxygen atoms in total. The Bertz CT molecular complexity index is 255. The smallest absolute Gasteiger partial charge is 0.211 e. The summed E-state index contributed by atoms with van der Waals surface area (Å²) in [6, 6.07) is 0. The number of hydrogen-bond acceptors (Lipinski definition) is 4. The van der Waals surface area contributed by atoms with Gasteiger partial charge in [-0.1, -0.05) is 13.8 Å². The second-order valence-electron chi connectivity index (χ2n) is 3.72. The third-order valence-electron chi connectivity index (χ3n) is 2.31. The molecule has 0 aliphatic carbocycles. The van der Waals surface area contributed by atoms with Crippen LogP contribution in [0.25, 0.3) is 0 Å². The summed E-state index contributed by atoms with van der Waals surface area (Å²) in [6.07, 6.45) is 1.37. The highest BCUT2D eigenvalue weighted by Crippen LogP contribution is 1.92. The van der Waals surface area contributed by atoms with E-state index in [1.807, 2.05) is 0 Å². The van der Waals surface area contributed by atoms with Crippen molar-refractivity contribution in [2.24, 2.45) is 0 Å². The number of likely N-dealkylation sites (N-methyl/N-ethyl adjacent to an activating group) is 1. The Balaban J connectivity index is 3.78. The van der Waals surface area contributed by atoms with Crippen molar-refractivity contribution in [1.29, 1.82) is 0 Å². The molecule has 0 spiro atoms. The van der Waals surface area contributed by atoms with E-state index in [2.05, 4.69) is 23.5 Å². The predicted octanol–water partition coefficient (Wildman–Crippen LogP) is 0.0201. The van der Waals surface area contributed by atoms with Crippen LogP contribution in [0.3, 0.4) is 0 Å². The minimum atomic E-state index is -3.20. The van der Waals surface area contributed by atoms with Crippen LogP contribution in [0.2, 0.25) is 0 Å². The van der Waals surface area contributed by atoms with Crippen molar-refractivity contribution in [2.75, 3.05) is 38.5 Å². The molecular weight excluding hydrogens is 228 g/mol. The van der Waals surface area contributed by atoms with Gasteiger partial charge in [-0.2, -0.15) is 0 Å². The summed E-state index contributed by atoms with van der Waals surface area (Å²) in [5.74, 6) is 0.00338. The summed E-state index contributed by atoms with van der Waals surface area (Å²) in [5.41, 5.74) is 0. The molecule has 0 bridgehead atoms. The van der Waals surface area contributed by atoms with Crippen molar-refractivity contribution in [3.8, 4) is 0 Å². The van der Waals surface area contributed by atoms with E-state index < -0.39 is 10.0 Å². The summed E-state index contributed by atoms with van der Waals surface area (Å²) in [4.78, 5) is 2.20. The van der Waals surface area contributed by atoms with Crippen LogP contribution in [0.15, 0.2) is 0 Å². The Morgan fingerprint density at radius 2 is 1.94 bits per heavy atom. The Morgan fingerprint density at radius 1 is 1.25 bits per heavy atom. The molecule has 0 saturated heterocycles. The molecule has 0 aliphatic rings. The van der Waals surface area contributed by atoms with E-state index in [-0.39, 0.29) is 12.4 Å². The van der Waals surface area contributed by atoms with E-state index in [9.17, 15) is 8.42 Å². The molecule has 0 aliphatic heterocycles. The first-order valence-corrected chi connectivity index (χ1v) is 7.51. The quantitative estimate of drug-likeness (QED) is 0.575. The van der Waals surface area contributed by atoms with Crippen LogP contribution < -0.4 is 4.72 Å². The molecule has 0 unspecified atom stereocenters. The first-order valence-electron chi connectivity index (χ1n) is 5.86. The van der Waals surface area contributed by atoms with Crippen LogP contribution in [0.1, 0.15) is 26.7 Å². The van der Waals surface area contributed by atoms with E-state index in [0.29, 0.717) is 13.0 Å². The molecule has 0 atom stereocenters. The number of sulfonamides is 1. The zero-order valence-electron chi connectivity index (χ0n) is 10.3. The fraction of sp³-hybridized carbons (Fsp3) is 1.00. The molecule has 98 valence electrons. The SMILES string of the molecule is CCCN(CC)CCNS(=O)(=O)CCCO. The van der Waals surface area contributed by atoms with Gasteiger partial charge in [0.2, 0.25) is 10.0 Å². The van der Waals surface area contributed by atoms with E-state index in [0.717, 1.165) is 26.1 Å². The van der Waals surface area contributed by atoms with E-state index in [4.69, 9.17) is 5.11 Å². The summed E-state index contributed by atoms with van der Waals surface area (Å²) in [6.45, 7) is 7.20. The molecule has 0 aromatic heterocycles. The van der Waals surface area contributed by atoms with Gasteiger partial charge in [-0.25, -0.2) is 13.1 Å². The lowest BCUT2D eigenvalue weighted by atomic mass is 10.4. The lowest BCUT2D eigenvalue weighted by molar-refractivity contribution is 0.291. The largest absolute Gasteiger partial charge is 0.396 e. The van der Waals surface area contributed by atoms with Crippen molar-refractivity contribution in [3.63, 3.8) is 0 Å². The lowest BCUT2D eigenvalue weighted by Crippen LogP contribution is -2.36. The monoisotopic (exact) mass is 252 g/mol. The fourth-order valence-corrected chi connectivity index (χ4v) is 2.49. The predicted molar refractivity (Wildman–Crippen MR) is 65.9 cm³/mol. The maximum Gasteiger partial charge on any atom is 0.211 e. The van der Waals surface area contributed by atoms with Crippen LogP contribution in [-0.2, 0) is 10.0 Å². The fourth-order valence-electron chi connectivity index (χ4n) is 1.43. The van der Waals surface area contributed by atoms with Gasteiger partial charge in [0.15, 0.2) is 0 Å². The van der Waals surface area contributed by atoms with Gasteiger partial charge in [-0.3, -0.25) is 0 Å². The molecule has 0 fully saturated rings. The zero-order valence-corrected chi connectivity index (χ0v) is 11.1. The summed E-state index contributed by atoms with van der Waals surface area (Å²) in [5, 5.41) is 8.55. The third-order valence-corrected chi connectivity index (χ3v) is 3.78. The average molecular weight is 252 g/mol. The van der Waals surface area contributed by atoms with Gasteiger partial charge in [-0.05, 0) is 25.9 Å². The number of aliphatic hydroxyl groups excluding tert-OH is 1. The minimum absolute atomic E-state index is 0.00338. The summed E-state index contributed by atoms with van der Waals surface area (Å²) in [7, 11) is -3.20. The third kappa shape index (κ3) is 8.04. The van der Waals surface area contributed by atoms with Crippen LogP contribution in [0.5, 0.6) is 0 Å².